The van der Waals surface area contributed by atoms with Crippen LogP contribution < -0.4 is 0 Å². The van der Waals surface area contributed by atoms with Crippen LogP contribution in [0, 0.1) is 12.3 Å². The zero-order chi connectivity index (χ0) is 22.5. The minimum atomic E-state index is -5.08. The number of hydrogen-bond donors (Lipinski definition) is 1. The van der Waals surface area contributed by atoms with Crippen molar-refractivity contribution in [2.24, 2.45) is 5.41 Å². The normalized spacial score (nSPS) is 22.8. The van der Waals surface area contributed by atoms with Gasteiger partial charge in [0.05, 0.1) is 13.2 Å². The van der Waals surface area contributed by atoms with Crippen molar-refractivity contribution in [3.63, 3.8) is 0 Å². The molecule has 2 aliphatic heterocycles. The molecule has 1 aromatic rings. The Morgan fingerprint density at radius 3 is 2.43 bits per heavy atom. The van der Waals surface area contributed by atoms with Gasteiger partial charge in [0.15, 0.2) is 0 Å². The highest BCUT2D eigenvalue weighted by Crippen LogP contribution is 2.35. The van der Waals surface area contributed by atoms with Crippen molar-refractivity contribution < 1.29 is 32.6 Å². The number of carboxylic acid groups (broad SMARTS) is 1. The lowest BCUT2D eigenvalue weighted by Gasteiger charge is -2.32. The molecule has 0 aromatic heterocycles. The summed E-state index contributed by atoms with van der Waals surface area (Å²) >= 11 is 0. The molecule has 0 saturated carbocycles. The molecule has 9 heteroatoms. The van der Waals surface area contributed by atoms with Crippen molar-refractivity contribution in [1.29, 1.82) is 0 Å². The molecule has 0 bridgehead atoms. The van der Waals surface area contributed by atoms with Crippen LogP contribution in [0.2, 0.25) is 0 Å². The van der Waals surface area contributed by atoms with Gasteiger partial charge in [-0.05, 0) is 31.9 Å². The molecule has 1 aromatic carbocycles. The van der Waals surface area contributed by atoms with Crippen molar-refractivity contribution in [3.05, 3.63) is 35.4 Å². The predicted molar refractivity (Wildman–Crippen MR) is 105 cm³/mol. The van der Waals surface area contributed by atoms with Crippen LogP contribution in [0.15, 0.2) is 24.3 Å². The van der Waals surface area contributed by atoms with Crippen LogP contribution in [0.4, 0.5) is 13.2 Å². The summed E-state index contributed by atoms with van der Waals surface area (Å²) in [5.41, 5.74) is 2.66. The SMILES string of the molecule is Cc1ccccc1CN1CCOCC2(CC(=O)N(C(C)C)C2)C1.O=C(O)C(F)(F)F. The Kier molecular flexibility index (Phi) is 7.87. The number of aliphatic carboxylic acids is 1. The second kappa shape index (κ2) is 9.78. The molecule has 1 spiro atoms. The van der Waals surface area contributed by atoms with Gasteiger partial charge in [0.25, 0.3) is 0 Å². The molecular weight excluding hydrogens is 401 g/mol. The maximum Gasteiger partial charge on any atom is 0.490 e. The number of carbonyl (C=O) groups is 2. The van der Waals surface area contributed by atoms with E-state index in [4.69, 9.17) is 14.6 Å². The van der Waals surface area contributed by atoms with Crippen LogP contribution in [0.3, 0.4) is 0 Å². The Hall–Kier alpha value is -2.13. The molecule has 30 heavy (non-hydrogen) atoms. The van der Waals surface area contributed by atoms with Gasteiger partial charge in [-0.15, -0.1) is 0 Å². The average molecular weight is 430 g/mol. The highest BCUT2D eigenvalue weighted by Gasteiger charge is 2.46. The van der Waals surface area contributed by atoms with Crippen LogP contribution >= 0.6 is 0 Å². The minimum Gasteiger partial charge on any atom is -0.475 e. The van der Waals surface area contributed by atoms with E-state index in [9.17, 15) is 18.0 Å². The van der Waals surface area contributed by atoms with Gasteiger partial charge in [-0.3, -0.25) is 9.69 Å². The summed E-state index contributed by atoms with van der Waals surface area (Å²) in [6, 6.07) is 8.83. The van der Waals surface area contributed by atoms with Crippen molar-refractivity contribution in [2.45, 2.75) is 46.0 Å². The van der Waals surface area contributed by atoms with Crippen LogP contribution in [0.25, 0.3) is 0 Å². The number of hydrogen-bond acceptors (Lipinski definition) is 4. The first-order chi connectivity index (χ1) is 13.9. The highest BCUT2D eigenvalue weighted by atomic mass is 19.4. The third-order valence-corrected chi connectivity index (χ3v) is 5.39. The van der Waals surface area contributed by atoms with Crippen LogP contribution in [-0.2, 0) is 20.9 Å². The number of carbonyl (C=O) groups excluding carboxylic acids is 1. The lowest BCUT2D eigenvalue weighted by Crippen LogP contribution is -2.41. The van der Waals surface area contributed by atoms with Gasteiger partial charge >= 0.3 is 12.1 Å². The molecule has 0 aliphatic carbocycles. The molecule has 2 heterocycles. The number of alkyl halides is 3. The Bertz CT molecular complexity index is 754. The number of rotatable bonds is 3. The van der Waals surface area contributed by atoms with Crippen molar-refractivity contribution in [3.8, 4) is 0 Å². The number of carboxylic acids is 1. The number of amides is 1. The Balaban J connectivity index is 0.000000396. The predicted octanol–water partition coefficient (Wildman–Crippen LogP) is 3.09. The number of halogens is 3. The lowest BCUT2D eigenvalue weighted by molar-refractivity contribution is -0.192. The summed E-state index contributed by atoms with van der Waals surface area (Å²) in [6.45, 7) is 11.5. The van der Waals surface area contributed by atoms with E-state index in [1.54, 1.807) is 0 Å². The second-order valence-corrected chi connectivity index (χ2v) is 8.28. The van der Waals surface area contributed by atoms with Crippen molar-refractivity contribution in [2.75, 3.05) is 32.8 Å². The van der Waals surface area contributed by atoms with E-state index in [0.29, 0.717) is 13.0 Å². The molecule has 1 N–H and O–H groups in total. The number of benzene rings is 1. The zero-order valence-electron chi connectivity index (χ0n) is 17.5. The molecular formula is C21H29F3N2O4. The van der Waals surface area contributed by atoms with E-state index in [2.05, 4.69) is 49.9 Å². The topological polar surface area (TPSA) is 70.1 Å². The first kappa shape index (κ1) is 24.1. The fraction of sp³-hybridized carbons (Fsp3) is 0.619. The molecule has 2 aliphatic rings. The Labute approximate surface area is 174 Å². The van der Waals surface area contributed by atoms with Crippen molar-refractivity contribution in [1.82, 2.24) is 9.80 Å². The van der Waals surface area contributed by atoms with E-state index in [1.807, 2.05) is 4.90 Å². The molecule has 6 nitrogen and oxygen atoms in total. The monoisotopic (exact) mass is 430 g/mol. The van der Waals surface area contributed by atoms with E-state index in [-0.39, 0.29) is 17.4 Å². The third kappa shape index (κ3) is 6.43. The molecule has 168 valence electrons. The second-order valence-electron chi connectivity index (χ2n) is 8.28. The van der Waals surface area contributed by atoms with Crippen LogP contribution in [-0.4, -0.2) is 71.8 Å². The molecule has 1 amide bonds. The number of nitrogens with zero attached hydrogens (tertiary/aromatic N) is 2. The fourth-order valence-electron chi connectivity index (χ4n) is 3.85. The molecule has 3 rings (SSSR count). The van der Waals surface area contributed by atoms with Gasteiger partial charge in [0.2, 0.25) is 5.91 Å². The highest BCUT2D eigenvalue weighted by molar-refractivity contribution is 5.80. The van der Waals surface area contributed by atoms with E-state index in [1.165, 1.54) is 11.1 Å². The van der Waals surface area contributed by atoms with Gasteiger partial charge in [0, 0.05) is 44.1 Å². The summed E-state index contributed by atoms with van der Waals surface area (Å²) in [5, 5.41) is 7.12. The smallest absolute Gasteiger partial charge is 0.475 e. The Morgan fingerprint density at radius 2 is 1.90 bits per heavy atom. The molecule has 2 fully saturated rings. The first-order valence-electron chi connectivity index (χ1n) is 9.88. The zero-order valence-corrected chi connectivity index (χ0v) is 17.5. The summed E-state index contributed by atoms with van der Waals surface area (Å²) in [5.74, 6) is -2.48. The summed E-state index contributed by atoms with van der Waals surface area (Å²) in [4.78, 5) is 25.7. The fourth-order valence-corrected chi connectivity index (χ4v) is 3.85. The summed E-state index contributed by atoms with van der Waals surface area (Å²) in [7, 11) is 0. The molecule has 1 unspecified atom stereocenters. The molecule has 1 atom stereocenters. The van der Waals surface area contributed by atoms with Gasteiger partial charge in [-0.1, -0.05) is 24.3 Å². The summed E-state index contributed by atoms with van der Waals surface area (Å²) < 4.78 is 37.6. The van der Waals surface area contributed by atoms with E-state index >= 15 is 0 Å². The maximum atomic E-state index is 12.4. The lowest BCUT2D eigenvalue weighted by atomic mass is 9.87. The van der Waals surface area contributed by atoms with Gasteiger partial charge in [-0.25, -0.2) is 4.79 Å². The van der Waals surface area contributed by atoms with E-state index < -0.39 is 12.1 Å². The van der Waals surface area contributed by atoms with Gasteiger partial charge in [-0.2, -0.15) is 13.2 Å². The first-order valence-corrected chi connectivity index (χ1v) is 9.88. The third-order valence-electron chi connectivity index (χ3n) is 5.39. The largest absolute Gasteiger partial charge is 0.490 e. The molecule has 2 saturated heterocycles. The van der Waals surface area contributed by atoms with Crippen molar-refractivity contribution >= 4 is 11.9 Å². The minimum absolute atomic E-state index is 0.0411. The number of ether oxygens (including phenoxy) is 1. The van der Waals surface area contributed by atoms with Crippen LogP contribution in [0.5, 0.6) is 0 Å². The quantitative estimate of drug-likeness (QED) is 0.798. The number of likely N-dealkylation sites (tertiary alicyclic amines) is 1. The van der Waals surface area contributed by atoms with E-state index in [0.717, 1.165) is 32.8 Å². The summed E-state index contributed by atoms with van der Waals surface area (Å²) in [6.07, 6.45) is -4.46. The van der Waals surface area contributed by atoms with Gasteiger partial charge < -0.3 is 14.7 Å². The van der Waals surface area contributed by atoms with Crippen LogP contribution in [0.1, 0.15) is 31.4 Å². The van der Waals surface area contributed by atoms with Gasteiger partial charge in [0.1, 0.15) is 0 Å². The standard InChI is InChI=1S/C19H28N2O2.C2HF3O2/c1-15(2)21-13-19(10-18(21)22)12-20(8-9-23-14-19)11-17-7-5-4-6-16(17)3;3-2(4,5)1(6)7/h4-7,15H,8-14H2,1-3H3;(H,6,7). The number of aryl methyl sites for hydroxylation is 1. The average Bonchev–Trinajstić information content (AvgIpc) is 2.84. The Morgan fingerprint density at radius 1 is 1.27 bits per heavy atom. The molecule has 0 radical (unpaired) electrons. The maximum absolute atomic E-state index is 12.4.